The molecular weight excluding hydrogens is 485 g/mol. The van der Waals surface area contributed by atoms with Gasteiger partial charge in [-0.3, -0.25) is 14.8 Å². The van der Waals surface area contributed by atoms with Crippen molar-refractivity contribution in [3.63, 3.8) is 0 Å². The van der Waals surface area contributed by atoms with E-state index in [1.165, 1.54) is 13.8 Å². The molecule has 37 heavy (non-hydrogen) atoms. The summed E-state index contributed by atoms with van der Waals surface area (Å²) < 4.78 is 35.9. The van der Waals surface area contributed by atoms with Crippen molar-refractivity contribution in [2.45, 2.75) is 60.6 Å². The van der Waals surface area contributed by atoms with Crippen LogP contribution < -0.4 is 11.5 Å². The van der Waals surface area contributed by atoms with E-state index in [9.17, 15) is 18.0 Å². The molecule has 1 fully saturated rings. The van der Waals surface area contributed by atoms with Crippen LogP contribution in [0.25, 0.3) is 16.8 Å². The number of alkyl halides is 3. The number of nitrogens with two attached hydrogens (primary N) is 2. The Balaban J connectivity index is 0.000000265. The Bertz CT molecular complexity index is 1230. The van der Waals surface area contributed by atoms with Crippen LogP contribution in [-0.2, 0) is 4.79 Å². The zero-order chi connectivity index (χ0) is 27.9. The summed E-state index contributed by atoms with van der Waals surface area (Å²) in [4.78, 5) is 25.3. The standard InChI is InChI=1S/C15H17N7.C7H12FNO.C3H6F2/c1-8(2)18-11-4-5-12(19-9(11)3)10-6-7-22-13(10)14(16)20-15(17)21-22;1-5-3-9(6(2)10)4-7(5)8;1-2-3(4)5/h4-7H,1-3H3,(H4,16,17,20,21);5,7H,3-4H2,1-2H3;3H,2H2,1H3/t;5?,7-;/m.0./s1. The van der Waals surface area contributed by atoms with Crippen molar-refractivity contribution >= 4 is 34.6 Å². The zero-order valence-electron chi connectivity index (χ0n) is 22.0. The first kappa shape index (κ1) is 29.5. The Morgan fingerprint density at radius 2 is 1.81 bits per heavy atom. The molecule has 3 aromatic heterocycles. The minimum absolute atomic E-state index is 0.0175. The number of fused-ring (bicyclic) bond motifs is 1. The molecule has 202 valence electrons. The lowest BCUT2D eigenvalue weighted by molar-refractivity contribution is -0.128. The fourth-order valence-electron chi connectivity index (χ4n) is 3.52. The van der Waals surface area contributed by atoms with Crippen LogP contribution in [0.15, 0.2) is 29.4 Å². The molecule has 0 bridgehead atoms. The lowest BCUT2D eigenvalue weighted by atomic mass is 10.1. The second-order valence-corrected chi connectivity index (χ2v) is 8.95. The number of hydrogen-bond donors (Lipinski definition) is 2. The predicted octanol–water partition coefficient (Wildman–Crippen LogP) is 4.86. The Morgan fingerprint density at radius 1 is 1.16 bits per heavy atom. The van der Waals surface area contributed by atoms with Gasteiger partial charge in [-0.2, -0.15) is 4.98 Å². The first-order valence-corrected chi connectivity index (χ1v) is 11.9. The highest BCUT2D eigenvalue weighted by atomic mass is 19.3. The molecule has 1 aliphatic rings. The van der Waals surface area contributed by atoms with Gasteiger partial charge >= 0.3 is 0 Å². The number of anilines is 2. The molecule has 4 N–H and O–H groups in total. The number of pyridine rings is 1. The van der Waals surface area contributed by atoms with Gasteiger partial charge in [-0.1, -0.05) is 13.8 Å². The van der Waals surface area contributed by atoms with Gasteiger partial charge in [0.05, 0.1) is 23.6 Å². The molecule has 1 aliphatic heterocycles. The molecule has 0 spiro atoms. The molecule has 4 rings (SSSR count). The Kier molecular flexibility index (Phi) is 10.4. The van der Waals surface area contributed by atoms with Crippen molar-refractivity contribution < 1.29 is 18.0 Å². The number of nitrogens with zero attached hydrogens (tertiary/aromatic N) is 6. The van der Waals surface area contributed by atoms with Gasteiger partial charge in [-0.25, -0.2) is 17.7 Å². The summed E-state index contributed by atoms with van der Waals surface area (Å²) in [5, 5.41) is 4.12. The molecule has 1 saturated heterocycles. The molecule has 4 heterocycles. The lowest BCUT2D eigenvalue weighted by Crippen LogP contribution is -2.26. The predicted molar refractivity (Wildman–Crippen MR) is 141 cm³/mol. The maximum absolute atomic E-state index is 12.7. The third-order valence-corrected chi connectivity index (χ3v) is 5.51. The van der Waals surface area contributed by atoms with Gasteiger partial charge in [0.1, 0.15) is 11.7 Å². The van der Waals surface area contributed by atoms with Gasteiger partial charge in [0.2, 0.25) is 18.3 Å². The van der Waals surface area contributed by atoms with Crippen LogP contribution >= 0.6 is 0 Å². The number of likely N-dealkylation sites (tertiary alicyclic amines) is 1. The second-order valence-electron chi connectivity index (χ2n) is 8.95. The van der Waals surface area contributed by atoms with Gasteiger partial charge in [-0.05, 0) is 39.0 Å². The number of aliphatic imine (C=N–C) groups is 1. The Labute approximate surface area is 214 Å². The number of hydrogen-bond acceptors (Lipinski definition) is 7. The number of aromatic nitrogens is 4. The number of carbonyl (C=O) groups is 1. The average molecular weight is 521 g/mol. The van der Waals surface area contributed by atoms with Crippen molar-refractivity contribution in [3.05, 3.63) is 30.1 Å². The fraction of sp³-hybridized carbons (Fsp3) is 0.480. The molecule has 0 saturated carbocycles. The highest BCUT2D eigenvalue weighted by Gasteiger charge is 2.30. The number of amides is 1. The number of nitrogen functional groups attached to an aromatic ring is 2. The molecule has 0 aliphatic carbocycles. The van der Waals surface area contributed by atoms with Crippen molar-refractivity contribution in [2.75, 3.05) is 24.6 Å². The number of halogens is 3. The molecule has 1 unspecified atom stereocenters. The van der Waals surface area contributed by atoms with Crippen molar-refractivity contribution in [1.29, 1.82) is 0 Å². The Morgan fingerprint density at radius 3 is 2.27 bits per heavy atom. The first-order valence-electron chi connectivity index (χ1n) is 11.9. The van der Waals surface area contributed by atoms with E-state index >= 15 is 0 Å². The van der Waals surface area contributed by atoms with E-state index in [1.807, 2.05) is 45.9 Å². The monoisotopic (exact) mass is 520 g/mol. The smallest absolute Gasteiger partial charge is 0.240 e. The van der Waals surface area contributed by atoms with Crippen LogP contribution in [0.5, 0.6) is 0 Å². The minimum Gasteiger partial charge on any atom is -0.382 e. The summed E-state index contributed by atoms with van der Waals surface area (Å²) >= 11 is 0. The van der Waals surface area contributed by atoms with Crippen LogP contribution in [-0.4, -0.2) is 61.8 Å². The van der Waals surface area contributed by atoms with Crippen LogP contribution in [0.1, 0.15) is 46.7 Å². The van der Waals surface area contributed by atoms with Crippen LogP contribution in [0.2, 0.25) is 0 Å². The number of aryl methyl sites for hydroxylation is 1. The first-order chi connectivity index (χ1) is 17.3. The summed E-state index contributed by atoms with van der Waals surface area (Å²) in [6, 6.07) is 5.76. The minimum atomic E-state index is -2.12. The molecule has 1 amide bonds. The summed E-state index contributed by atoms with van der Waals surface area (Å²) in [5.41, 5.74) is 16.6. The maximum Gasteiger partial charge on any atom is 0.240 e. The van der Waals surface area contributed by atoms with Gasteiger partial charge in [0.15, 0.2) is 5.82 Å². The topological polar surface area (TPSA) is 128 Å². The van der Waals surface area contributed by atoms with E-state index < -0.39 is 12.6 Å². The number of carbonyl (C=O) groups excluding carboxylic acids is 1. The molecule has 0 radical (unpaired) electrons. The molecule has 2 atom stereocenters. The summed E-state index contributed by atoms with van der Waals surface area (Å²) in [7, 11) is 0. The Hall–Kier alpha value is -3.70. The lowest BCUT2D eigenvalue weighted by Gasteiger charge is -2.10. The van der Waals surface area contributed by atoms with Gasteiger partial charge in [0, 0.05) is 43.3 Å². The van der Waals surface area contributed by atoms with Crippen molar-refractivity contribution in [3.8, 4) is 11.3 Å². The van der Waals surface area contributed by atoms with Gasteiger partial charge < -0.3 is 16.4 Å². The van der Waals surface area contributed by atoms with E-state index in [0.717, 1.165) is 28.4 Å². The second kappa shape index (κ2) is 13.0. The summed E-state index contributed by atoms with van der Waals surface area (Å²) in [5.74, 6) is 0.466. The van der Waals surface area contributed by atoms with Crippen LogP contribution in [0, 0.1) is 12.8 Å². The summed E-state index contributed by atoms with van der Waals surface area (Å²) in [6.45, 7) is 11.5. The number of rotatable bonds is 3. The average Bonchev–Trinajstić information content (AvgIpc) is 3.39. The molecular formula is C25H35F3N8O. The zero-order valence-corrected chi connectivity index (χ0v) is 22.0. The van der Waals surface area contributed by atoms with Gasteiger partial charge in [0.25, 0.3) is 0 Å². The normalized spacial score (nSPS) is 16.6. The van der Waals surface area contributed by atoms with E-state index in [0.29, 0.717) is 17.9 Å². The van der Waals surface area contributed by atoms with Crippen molar-refractivity contribution in [1.82, 2.24) is 24.5 Å². The fourth-order valence-corrected chi connectivity index (χ4v) is 3.52. The van der Waals surface area contributed by atoms with Gasteiger partial charge in [-0.15, -0.1) is 5.10 Å². The highest BCUT2D eigenvalue weighted by Crippen LogP contribution is 2.29. The van der Waals surface area contributed by atoms with E-state index in [2.05, 4.69) is 20.1 Å². The molecule has 12 heteroatoms. The van der Waals surface area contributed by atoms with Crippen molar-refractivity contribution in [2.24, 2.45) is 10.9 Å². The quantitative estimate of drug-likeness (QED) is 0.475. The highest BCUT2D eigenvalue weighted by molar-refractivity contribution is 5.87. The van der Waals surface area contributed by atoms with E-state index in [-0.39, 0.29) is 30.7 Å². The van der Waals surface area contributed by atoms with Crippen LogP contribution in [0.3, 0.4) is 0 Å². The third kappa shape index (κ3) is 8.16. The van der Waals surface area contributed by atoms with Crippen LogP contribution in [0.4, 0.5) is 30.6 Å². The maximum atomic E-state index is 12.7. The van der Waals surface area contributed by atoms with E-state index in [1.54, 1.807) is 15.6 Å². The largest absolute Gasteiger partial charge is 0.382 e. The SMILES string of the molecule is CC(=O)N1CC(C)[C@@H](F)C1.CC(C)=Nc1ccc(-c2ccn3nc(N)nc(N)c23)nc1C.CCC(F)F. The molecule has 9 nitrogen and oxygen atoms in total. The summed E-state index contributed by atoms with van der Waals surface area (Å²) in [6.07, 6.45) is -1.17. The van der Waals surface area contributed by atoms with E-state index in [4.69, 9.17) is 11.5 Å². The molecule has 3 aromatic rings. The third-order valence-electron chi connectivity index (χ3n) is 5.51. The molecule has 0 aromatic carbocycles.